The van der Waals surface area contributed by atoms with Gasteiger partial charge in [0.2, 0.25) is 5.75 Å². The number of aromatic nitrogens is 1. The standard InChI is InChI=1S/C24H23Cl2NO5S/c1-30-22-8-7-17(21(28)12-18-19(25)13-27-14-20(18)26)23(24(22)31-2)32-10-9-15-5-4-6-16(11-15)33(3)29/h4-8,11,13-14H,9-10,12H2,1-3H3. The zero-order valence-electron chi connectivity index (χ0n) is 18.4. The van der Waals surface area contributed by atoms with E-state index in [0.29, 0.717) is 39.1 Å². The quantitative estimate of drug-likeness (QED) is 0.351. The number of methoxy groups -OCH3 is 2. The van der Waals surface area contributed by atoms with Crippen LogP contribution in [0.25, 0.3) is 0 Å². The van der Waals surface area contributed by atoms with Gasteiger partial charge in [-0.2, -0.15) is 0 Å². The molecule has 0 aliphatic rings. The predicted octanol–water partition coefficient (Wildman–Crippen LogP) is 5.19. The number of hydrogen-bond donors (Lipinski definition) is 0. The Kier molecular flexibility index (Phi) is 8.72. The van der Waals surface area contributed by atoms with Gasteiger partial charge in [-0.3, -0.25) is 14.0 Å². The number of halogens is 2. The Morgan fingerprint density at radius 3 is 2.39 bits per heavy atom. The Hall–Kier alpha value is -2.61. The lowest BCUT2D eigenvalue weighted by Crippen LogP contribution is -2.11. The van der Waals surface area contributed by atoms with Crippen LogP contribution in [-0.4, -0.2) is 42.1 Å². The molecule has 6 nitrogen and oxygen atoms in total. The minimum absolute atomic E-state index is 0.0314. The summed E-state index contributed by atoms with van der Waals surface area (Å²) >= 11 is 12.4. The molecule has 174 valence electrons. The average molecular weight is 508 g/mol. The Morgan fingerprint density at radius 2 is 1.76 bits per heavy atom. The Labute approximate surface area is 205 Å². The molecule has 0 aliphatic carbocycles. The molecule has 1 atom stereocenters. The number of rotatable bonds is 10. The molecule has 0 fully saturated rings. The van der Waals surface area contributed by atoms with Crippen molar-refractivity contribution in [3.05, 3.63) is 75.5 Å². The summed E-state index contributed by atoms with van der Waals surface area (Å²) in [6, 6.07) is 10.8. The van der Waals surface area contributed by atoms with E-state index in [1.807, 2.05) is 24.3 Å². The van der Waals surface area contributed by atoms with E-state index in [1.54, 1.807) is 18.4 Å². The van der Waals surface area contributed by atoms with E-state index < -0.39 is 10.8 Å². The van der Waals surface area contributed by atoms with Crippen molar-refractivity contribution < 1.29 is 23.2 Å². The smallest absolute Gasteiger partial charge is 0.204 e. The molecule has 0 bridgehead atoms. The van der Waals surface area contributed by atoms with Crippen molar-refractivity contribution in [3.8, 4) is 17.2 Å². The first-order valence-electron chi connectivity index (χ1n) is 9.97. The van der Waals surface area contributed by atoms with Crippen LogP contribution < -0.4 is 14.2 Å². The van der Waals surface area contributed by atoms with Crippen LogP contribution in [-0.2, 0) is 23.6 Å². The largest absolute Gasteiger partial charge is 0.493 e. The zero-order chi connectivity index (χ0) is 24.0. The van der Waals surface area contributed by atoms with Crippen LogP contribution in [0.3, 0.4) is 0 Å². The SMILES string of the molecule is COc1ccc(C(=O)Cc2c(Cl)cncc2Cl)c(OCCc2cccc(S(C)=O)c2)c1OC. The van der Waals surface area contributed by atoms with Crippen molar-refractivity contribution >= 4 is 39.8 Å². The summed E-state index contributed by atoms with van der Waals surface area (Å²) in [5.41, 5.74) is 1.77. The Bertz CT molecular complexity index is 1170. The molecule has 1 unspecified atom stereocenters. The average Bonchev–Trinajstić information content (AvgIpc) is 2.81. The van der Waals surface area contributed by atoms with E-state index in [4.69, 9.17) is 37.4 Å². The highest BCUT2D eigenvalue weighted by Crippen LogP contribution is 2.41. The first kappa shape index (κ1) is 25.0. The third-order valence-corrected chi connectivity index (χ3v) is 6.53. The number of Topliss-reactive ketones (excluding diaryl/α,β-unsaturated/α-hetero) is 1. The summed E-state index contributed by atoms with van der Waals surface area (Å²) in [5.74, 6) is 0.786. The lowest BCUT2D eigenvalue weighted by atomic mass is 10.0. The molecule has 0 saturated carbocycles. The molecule has 0 aliphatic heterocycles. The highest BCUT2D eigenvalue weighted by Gasteiger charge is 2.23. The van der Waals surface area contributed by atoms with Gasteiger partial charge in [0.05, 0.1) is 36.4 Å². The molecule has 0 spiro atoms. The minimum Gasteiger partial charge on any atom is -0.493 e. The molecule has 0 amide bonds. The summed E-state index contributed by atoms with van der Waals surface area (Å²) in [4.78, 5) is 17.9. The van der Waals surface area contributed by atoms with Gasteiger partial charge in [-0.15, -0.1) is 0 Å². The molecule has 3 rings (SSSR count). The molecule has 0 saturated heterocycles. The van der Waals surface area contributed by atoms with Crippen LogP contribution in [0.1, 0.15) is 21.5 Å². The molecule has 9 heteroatoms. The topological polar surface area (TPSA) is 74.7 Å². The third kappa shape index (κ3) is 6.05. The molecule has 33 heavy (non-hydrogen) atoms. The summed E-state index contributed by atoms with van der Waals surface area (Å²) in [6.45, 7) is 0.264. The maximum Gasteiger partial charge on any atom is 0.204 e. The zero-order valence-corrected chi connectivity index (χ0v) is 20.7. The molecule has 0 radical (unpaired) electrons. The monoisotopic (exact) mass is 507 g/mol. The predicted molar refractivity (Wildman–Crippen MR) is 130 cm³/mol. The molecular formula is C24H23Cl2NO5S. The summed E-state index contributed by atoms with van der Waals surface area (Å²) < 4.78 is 28.7. The van der Waals surface area contributed by atoms with Crippen molar-refractivity contribution in [1.29, 1.82) is 0 Å². The summed E-state index contributed by atoms with van der Waals surface area (Å²) in [7, 11) is 1.92. The van der Waals surface area contributed by atoms with Crippen LogP contribution in [0.5, 0.6) is 17.2 Å². The van der Waals surface area contributed by atoms with Crippen molar-refractivity contribution in [2.75, 3.05) is 27.1 Å². The van der Waals surface area contributed by atoms with Gasteiger partial charge < -0.3 is 14.2 Å². The van der Waals surface area contributed by atoms with Gasteiger partial charge in [0.1, 0.15) is 0 Å². The first-order valence-corrected chi connectivity index (χ1v) is 12.3. The maximum absolute atomic E-state index is 13.2. The molecule has 0 N–H and O–H groups in total. The van der Waals surface area contributed by atoms with Gasteiger partial charge >= 0.3 is 0 Å². The van der Waals surface area contributed by atoms with Gasteiger partial charge in [-0.25, -0.2) is 0 Å². The fraction of sp³-hybridized carbons (Fsp3) is 0.250. The van der Waals surface area contributed by atoms with Gasteiger partial charge in [-0.1, -0.05) is 35.3 Å². The van der Waals surface area contributed by atoms with Crippen LogP contribution in [0, 0.1) is 0 Å². The number of carbonyl (C=O) groups is 1. The normalized spacial score (nSPS) is 11.7. The van der Waals surface area contributed by atoms with Gasteiger partial charge in [0, 0.05) is 52.7 Å². The van der Waals surface area contributed by atoms with E-state index in [2.05, 4.69) is 4.98 Å². The summed E-state index contributed by atoms with van der Waals surface area (Å²) in [6.07, 6.45) is 5.03. The Morgan fingerprint density at radius 1 is 1.03 bits per heavy atom. The molecule has 3 aromatic rings. The second kappa shape index (κ2) is 11.5. The number of nitrogens with zero attached hydrogens (tertiary/aromatic N) is 1. The van der Waals surface area contributed by atoms with Crippen molar-refractivity contribution in [1.82, 2.24) is 4.98 Å². The maximum atomic E-state index is 13.2. The van der Waals surface area contributed by atoms with E-state index in [1.165, 1.54) is 26.6 Å². The number of hydrogen-bond acceptors (Lipinski definition) is 6. The number of ether oxygens (including phenoxy) is 3. The second-order valence-electron chi connectivity index (χ2n) is 7.06. The molecule has 2 aromatic carbocycles. The molecule has 1 heterocycles. The van der Waals surface area contributed by atoms with Gasteiger partial charge in [0.15, 0.2) is 17.3 Å². The molecule has 1 aromatic heterocycles. The highest BCUT2D eigenvalue weighted by molar-refractivity contribution is 7.84. The van der Waals surface area contributed by atoms with Gasteiger partial charge in [-0.05, 0) is 29.8 Å². The Balaban J connectivity index is 1.88. The number of benzene rings is 2. The fourth-order valence-corrected chi connectivity index (χ4v) is 4.36. The van der Waals surface area contributed by atoms with Crippen molar-refractivity contribution in [3.63, 3.8) is 0 Å². The van der Waals surface area contributed by atoms with E-state index in [9.17, 15) is 9.00 Å². The van der Waals surface area contributed by atoms with Crippen LogP contribution in [0.2, 0.25) is 10.0 Å². The number of carbonyl (C=O) groups excluding carboxylic acids is 1. The van der Waals surface area contributed by atoms with Crippen molar-refractivity contribution in [2.45, 2.75) is 17.7 Å². The number of ketones is 1. The lowest BCUT2D eigenvalue weighted by Gasteiger charge is -2.17. The fourth-order valence-electron chi connectivity index (χ4n) is 3.27. The second-order valence-corrected chi connectivity index (χ2v) is 9.25. The van der Waals surface area contributed by atoms with Crippen molar-refractivity contribution in [2.24, 2.45) is 0 Å². The molecular weight excluding hydrogens is 485 g/mol. The number of pyridine rings is 1. The summed E-state index contributed by atoms with van der Waals surface area (Å²) in [5, 5.41) is 0.624. The lowest BCUT2D eigenvalue weighted by molar-refractivity contribution is 0.0988. The van der Waals surface area contributed by atoms with Crippen LogP contribution in [0.15, 0.2) is 53.7 Å². The van der Waals surface area contributed by atoms with E-state index in [-0.39, 0.29) is 24.6 Å². The van der Waals surface area contributed by atoms with Crippen LogP contribution in [0.4, 0.5) is 0 Å². The third-order valence-electron chi connectivity index (χ3n) is 4.96. The van der Waals surface area contributed by atoms with Crippen LogP contribution >= 0.6 is 23.2 Å². The van der Waals surface area contributed by atoms with E-state index >= 15 is 0 Å². The highest BCUT2D eigenvalue weighted by atomic mass is 35.5. The van der Waals surface area contributed by atoms with Gasteiger partial charge in [0.25, 0.3) is 0 Å². The van der Waals surface area contributed by atoms with E-state index in [0.717, 1.165) is 10.5 Å². The first-order chi connectivity index (χ1) is 15.8. The minimum atomic E-state index is -1.07.